The third-order valence-corrected chi connectivity index (χ3v) is 5.41. The number of hydrogen-bond donors (Lipinski definition) is 1. The molecule has 7 nitrogen and oxygen atoms in total. The highest BCUT2D eigenvalue weighted by Crippen LogP contribution is 2.26. The topological polar surface area (TPSA) is 82.6 Å². The minimum Gasteiger partial charge on any atom is -0.342 e. The van der Waals surface area contributed by atoms with Gasteiger partial charge in [0.25, 0.3) is 0 Å². The lowest BCUT2D eigenvalue weighted by Crippen LogP contribution is -2.50. The van der Waals surface area contributed by atoms with Crippen LogP contribution >= 0.6 is 11.3 Å². The van der Waals surface area contributed by atoms with Crippen molar-refractivity contribution in [1.82, 2.24) is 14.8 Å². The molecule has 0 bridgehead atoms. The van der Waals surface area contributed by atoms with E-state index in [0.717, 1.165) is 19.3 Å². The summed E-state index contributed by atoms with van der Waals surface area (Å²) in [6.45, 7) is 3.32. The second kappa shape index (κ2) is 7.29. The van der Waals surface area contributed by atoms with Gasteiger partial charge in [0.15, 0.2) is 5.13 Å². The Labute approximate surface area is 145 Å². The lowest BCUT2D eigenvalue weighted by molar-refractivity contribution is -0.143. The van der Waals surface area contributed by atoms with Gasteiger partial charge in [0.05, 0.1) is 5.92 Å². The van der Waals surface area contributed by atoms with E-state index in [1.807, 2.05) is 0 Å². The van der Waals surface area contributed by atoms with Gasteiger partial charge < -0.3 is 15.1 Å². The van der Waals surface area contributed by atoms with Crippen molar-refractivity contribution in [3.05, 3.63) is 11.6 Å². The van der Waals surface area contributed by atoms with Crippen LogP contribution in [0.3, 0.4) is 0 Å². The summed E-state index contributed by atoms with van der Waals surface area (Å²) in [5.41, 5.74) is 0. The van der Waals surface area contributed by atoms with E-state index in [-0.39, 0.29) is 23.6 Å². The van der Waals surface area contributed by atoms with Crippen LogP contribution in [0.1, 0.15) is 32.6 Å². The number of rotatable bonds is 3. The molecule has 0 saturated carbocycles. The Morgan fingerprint density at radius 1 is 1.25 bits per heavy atom. The zero-order valence-electron chi connectivity index (χ0n) is 13.7. The van der Waals surface area contributed by atoms with Crippen LogP contribution in [0, 0.1) is 5.92 Å². The monoisotopic (exact) mass is 350 g/mol. The molecule has 2 saturated heterocycles. The molecular formula is C16H22N4O3S. The van der Waals surface area contributed by atoms with Crippen molar-refractivity contribution < 1.29 is 14.4 Å². The Bertz CT molecular complexity index is 619. The molecule has 8 heteroatoms. The van der Waals surface area contributed by atoms with Crippen LogP contribution in [0.5, 0.6) is 0 Å². The summed E-state index contributed by atoms with van der Waals surface area (Å²) in [5.74, 6) is -0.365. The molecule has 1 aromatic rings. The van der Waals surface area contributed by atoms with Gasteiger partial charge in [-0.15, -0.1) is 11.3 Å². The number of thiazole rings is 1. The van der Waals surface area contributed by atoms with E-state index in [2.05, 4.69) is 10.3 Å². The molecule has 3 heterocycles. The number of carbonyl (C=O) groups excluding carboxylic acids is 3. The predicted molar refractivity (Wildman–Crippen MR) is 90.5 cm³/mol. The molecule has 0 spiro atoms. The molecule has 3 amide bonds. The fourth-order valence-corrected chi connectivity index (χ4v) is 4.01. The number of anilines is 1. The quantitative estimate of drug-likeness (QED) is 0.891. The van der Waals surface area contributed by atoms with Gasteiger partial charge in [0.2, 0.25) is 17.7 Å². The molecule has 0 radical (unpaired) electrons. The number of aromatic nitrogens is 1. The Morgan fingerprint density at radius 2 is 2.04 bits per heavy atom. The van der Waals surface area contributed by atoms with Crippen LogP contribution in [0.2, 0.25) is 0 Å². The van der Waals surface area contributed by atoms with Crippen LogP contribution < -0.4 is 5.32 Å². The second-order valence-corrected chi connectivity index (χ2v) is 7.21. The van der Waals surface area contributed by atoms with Gasteiger partial charge in [0, 0.05) is 38.1 Å². The smallest absolute Gasteiger partial charge is 0.248 e. The normalized spacial score (nSPS) is 24.0. The summed E-state index contributed by atoms with van der Waals surface area (Å²) in [4.78, 5) is 44.4. The summed E-state index contributed by atoms with van der Waals surface area (Å²) in [7, 11) is 0. The molecule has 2 atom stereocenters. The molecule has 2 aliphatic rings. The van der Waals surface area contributed by atoms with Gasteiger partial charge in [-0.2, -0.15) is 0 Å². The number of hydrogen-bond acceptors (Lipinski definition) is 5. The van der Waals surface area contributed by atoms with E-state index in [1.165, 1.54) is 18.3 Å². The van der Waals surface area contributed by atoms with Gasteiger partial charge in [0.1, 0.15) is 6.04 Å². The first kappa shape index (κ1) is 16.9. The van der Waals surface area contributed by atoms with Crippen molar-refractivity contribution >= 4 is 34.2 Å². The third kappa shape index (κ3) is 3.58. The molecule has 2 unspecified atom stereocenters. The molecule has 0 aromatic carbocycles. The van der Waals surface area contributed by atoms with Crippen molar-refractivity contribution in [3.8, 4) is 0 Å². The Kier molecular flexibility index (Phi) is 5.13. The number of nitrogens with zero attached hydrogens (tertiary/aromatic N) is 3. The maximum atomic E-state index is 12.9. The molecule has 3 rings (SSSR count). The fourth-order valence-electron chi connectivity index (χ4n) is 3.48. The average molecular weight is 350 g/mol. The Hall–Kier alpha value is -1.96. The van der Waals surface area contributed by atoms with Crippen LogP contribution in [0.15, 0.2) is 11.6 Å². The van der Waals surface area contributed by atoms with Crippen LogP contribution in [-0.4, -0.2) is 58.2 Å². The largest absolute Gasteiger partial charge is 0.342 e. The van der Waals surface area contributed by atoms with Crippen molar-refractivity contribution in [1.29, 1.82) is 0 Å². The standard InChI is InChI=1S/C16H22N4O3S/c1-11(21)19-7-2-4-12(10-19)15(23)20-8-3-5-13(20)14(22)18-16-17-6-9-24-16/h6,9,12-13H,2-5,7-8,10H2,1H3,(H,17,18,22). The number of amides is 3. The van der Waals surface area contributed by atoms with Crippen molar-refractivity contribution in [2.75, 3.05) is 25.0 Å². The van der Waals surface area contributed by atoms with Crippen LogP contribution in [0.25, 0.3) is 0 Å². The molecule has 0 aliphatic carbocycles. The summed E-state index contributed by atoms with van der Waals surface area (Å²) >= 11 is 1.36. The fraction of sp³-hybridized carbons (Fsp3) is 0.625. The molecule has 24 heavy (non-hydrogen) atoms. The first-order chi connectivity index (χ1) is 11.6. The number of carbonyl (C=O) groups is 3. The van der Waals surface area contributed by atoms with Gasteiger partial charge in [-0.05, 0) is 25.7 Å². The number of likely N-dealkylation sites (tertiary alicyclic amines) is 2. The van der Waals surface area contributed by atoms with E-state index in [1.54, 1.807) is 21.4 Å². The highest BCUT2D eigenvalue weighted by atomic mass is 32.1. The Balaban J connectivity index is 1.64. The summed E-state index contributed by atoms with van der Waals surface area (Å²) in [6, 6.07) is -0.436. The van der Waals surface area contributed by atoms with Gasteiger partial charge in [-0.3, -0.25) is 14.4 Å². The zero-order valence-corrected chi connectivity index (χ0v) is 14.6. The predicted octanol–water partition coefficient (Wildman–Crippen LogP) is 1.33. The van der Waals surface area contributed by atoms with Crippen molar-refractivity contribution in [3.63, 3.8) is 0 Å². The highest BCUT2D eigenvalue weighted by Gasteiger charge is 2.38. The third-order valence-electron chi connectivity index (χ3n) is 4.72. The summed E-state index contributed by atoms with van der Waals surface area (Å²) in [5, 5.41) is 5.14. The van der Waals surface area contributed by atoms with E-state index in [0.29, 0.717) is 31.2 Å². The van der Waals surface area contributed by atoms with Crippen molar-refractivity contribution in [2.45, 2.75) is 38.6 Å². The number of nitrogens with one attached hydrogen (secondary N) is 1. The van der Waals surface area contributed by atoms with E-state index in [4.69, 9.17) is 0 Å². The first-order valence-electron chi connectivity index (χ1n) is 8.32. The zero-order chi connectivity index (χ0) is 17.1. The molecule has 2 aliphatic heterocycles. The van der Waals surface area contributed by atoms with E-state index < -0.39 is 6.04 Å². The minimum atomic E-state index is -0.436. The van der Waals surface area contributed by atoms with E-state index >= 15 is 0 Å². The highest BCUT2D eigenvalue weighted by molar-refractivity contribution is 7.13. The molecule has 1 aromatic heterocycles. The average Bonchev–Trinajstić information content (AvgIpc) is 3.25. The second-order valence-electron chi connectivity index (χ2n) is 6.32. The van der Waals surface area contributed by atoms with Gasteiger partial charge >= 0.3 is 0 Å². The van der Waals surface area contributed by atoms with E-state index in [9.17, 15) is 14.4 Å². The van der Waals surface area contributed by atoms with Crippen LogP contribution in [0.4, 0.5) is 5.13 Å². The number of piperidine rings is 1. The maximum Gasteiger partial charge on any atom is 0.248 e. The first-order valence-corrected chi connectivity index (χ1v) is 9.20. The summed E-state index contributed by atoms with van der Waals surface area (Å²) in [6.07, 6.45) is 4.74. The molecule has 2 fully saturated rings. The SMILES string of the molecule is CC(=O)N1CCCC(C(=O)N2CCCC2C(=O)Nc2nccs2)C1. The van der Waals surface area contributed by atoms with Gasteiger partial charge in [-0.1, -0.05) is 0 Å². The van der Waals surface area contributed by atoms with Crippen molar-refractivity contribution in [2.24, 2.45) is 5.92 Å². The lowest BCUT2D eigenvalue weighted by atomic mass is 9.96. The molecular weight excluding hydrogens is 328 g/mol. The molecule has 130 valence electrons. The van der Waals surface area contributed by atoms with Gasteiger partial charge in [-0.25, -0.2) is 4.98 Å². The minimum absolute atomic E-state index is 0.00209. The lowest BCUT2D eigenvalue weighted by Gasteiger charge is -2.34. The summed E-state index contributed by atoms with van der Waals surface area (Å²) < 4.78 is 0. The molecule has 1 N–H and O–H groups in total. The van der Waals surface area contributed by atoms with Crippen LogP contribution in [-0.2, 0) is 14.4 Å². The Morgan fingerprint density at radius 3 is 2.75 bits per heavy atom. The maximum absolute atomic E-state index is 12.9.